The number of hydrogen-bond acceptors (Lipinski definition) is 5. The van der Waals surface area contributed by atoms with Gasteiger partial charge in [-0.15, -0.1) is 0 Å². The van der Waals surface area contributed by atoms with Gasteiger partial charge in [-0.3, -0.25) is 8.51 Å². The molecule has 25 heavy (non-hydrogen) atoms. The van der Waals surface area contributed by atoms with Crippen LogP contribution in [-0.2, 0) is 21.3 Å². The summed E-state index contributed by atoms with van der Waals surface area (Å²) < 4.78 is 53.2. The van der Waals surface area contributed by atoms with E-state index in [1.807, 2.05) is 0 Å². The maximum atomic E-state index is 11.8. The fourth-order valence-electron chi connectivity index (χ4n) is 2.41. The minimum absolute atomic E-state index is 0.0531. The molecule has 3 aromatic rings. The largest absolute Gasteiger partial charge is 0.755 e. The lowest BCUT2D eigenvalue weighted by atomic mass is 10.1. The van der Waals surface area contributed by atoms with Gasteiger partial charge in [-0.25, -0.2) is 13.6 Å². The highest BCUT2D eigenvalue weighted by Crippen LogP contribution is 2.34. The normalized spacial score (nSPS) is 12.7. The molecule has 0 saturated carbocycles. The second kappa shape index (κ2) is 6.81. The Bertz CT molecular complexity index is 1020. The number of anilines is 2. The summed E-state index contributed by atoms with van der Waals surface area (Å²) in [5.41, 5.74) is 1.69. The van der Waals surface area contributed by atoms with Crippen LogP contribution >= 0.6 is 0 Å². The van der Waals surface area contributed by atoms with Crippen molar-refractivity contribution >= 4 is 32.7 Å². The van der Waals surface area contributed by atoms with Crippen molar-refractivity contribution in [2.24, 2.45) is 5.14 Å². The number of nitrogens with zero attached hydrogens (tertiary/aromatic N) is 1. The van der Waals surface area contributed by atoms with Gasteiger partial charge in [0.05, 0.1) is 35.2 Å². The number of furan rings is 1. The molecule has 7 nitrogen and oxygen atoms in total. The monoisotopic (exact) mass is 377 g/mol. The molecule has 2 N–H and O–H groups in total. The first kappa shape index (κ1) is 17.4. The molecule has 0 aliphatic rings. The minimum Gasteiger partial charge on any atom is -0.755 e. The Balaban J connectivity index is 2.17. The van der Waals surface area contributed by atoms with E-state index in [9.17, 15) is 17.2 Å². The first-order chi connectivity index (χ1) is 11.9. The van der Waals surface area contributed by atoms with Crippen molar-refractivity contribution in [3.05, 3.63) is 67.1 Å². The predicted octanol–water partition coefficient (Wildman–Crippen LogP) is 2.53. The molecular weight excluding hydrogens is 364 g/mol. The third-order valence-electron chi connectivity index (χ3n) is 3.47. The van der Waals surface area contributed by atoms with E-state index < -0.39 is 21.3 Å². The molecule has 1 unspecified atom stereocenters. The van der Waals surface area contributed by atoms with Crippen molar-refractivity contribution in [1.29, 1.82) is 0 Å². The van der Waals surface area contributed by atoms with Gasteiger partial charge in [0.2, 0.25) is 10.0 Å². The first-order valence-corrected chi connectivity index (χ1v) is 9.60. The molecule has 1 heterocycles. The van der Waals surface area contributed by atoms with Crippen molar-refractivity contribution in [3.8, 4) is 11.1 Å². The van der Waals surface area contributed by atoms with E-state index in [1.54, 1.807) is 30.3 Å². The molecule has 1 atom stereocenters. The standard InChI is InChI=1S/C16H14N2O5S2/c17-25(21,22)16-7-2-1-6-15(16)18(24(19)20)14-5-3-4-12(10-14)13-8-9-23-11-13/h1-11H,(H,19,20)(H2,17,21,22)/p-1. The zero-order valence-electron chi connectivity index (χ0n) is 12.7. The van der Waals surface area contributed by atoms with Crippen molar-refractivity contribution in [2.75, 3.05) is 4.31 Å². The second-order valence-corrected chi connectivity index (χ2v) is 7.42. The van der Waals surface area contributed by atoms with E-state index >= 15 is 0 Å². The summed E-state index contributed by atoms with van der Waals surface area (Å²) in [6, 6.07) is 14.0. The molecule has 0 fully saturated rings. The number of hydrogen-bond donors (Lipinski definition) is 1. The molecular formula is C16H13N2O5S2-. The van der Waals surface area contributed by atoms with Gasteiger partial charge in [-0.05, 0) is 35.9 Å². The fourth-order valence-corrected chi connectivity index (χ4v) is 3.79. The van der Waals surface area contributed by atoms with Crippen LogP contribution in [0, 0.1) is 0 Å². The molecule has 0 aliphatic carbocycles. The van der Waals surface area contributed by atoms with Crippen LogP contribution in [0.1, 0.15) is 0 Å². The molecule has 9 heteroatoms. The topological polar surface area (TPSA) is 117 Å². The summed E-state index contributed by atoms with van der Waals surface area (Å²) in [7, 11) is -4.10. The number of para-hydroxylation sites is 1. The average molecular weight is 377 g/mol. The van der Waals surface area contributed by atoms with Gasteiger partial charge >= 0.3 is 0 Å². The maximum Gasteiger partial charge on any atom is 0.240 e. The molecule has 130 valence electrons. The summed E-state index contributed by atoms with van der Waals surface area (Å²) in [6.45, 7) is 0. The molecule has 0 saturated heterocycles. The van der Waals surface area contributed by atoms with E-state index in [0.29, 0.717) is 0 Å². The number of nitrogens with two attached hydrogens (primary N) is 1. The zero-order chi connectivity index (χ0) is 18.0. The Labute approximate surface area is 147 Å². The fraction of sp³-hybridized carbons (Fsp3) is 0. The Morgan fingerprint density at radius 3 is 2.44 bits per heavy atom. The molecule has 2 aromatic carbocycles. The maximum absolute atomic E-state index is 11.8. The summed E-state index contributed by atoms with van der Waals surface area (Å²) in [5, 5.41) is 5.21. The third kappa shape index (κ3) is 3.64. The number of benzene rings is 2. The molecule has 0 bridgehead atoms. The van der Waals surface area contributed by atoms with Gasteiger partial charge in [0.15, 0.2) is 0 Å². The molecule has 0 spiro atoms. The second-order valence-electron chi connectivity index (χ2n) is 5.09. The molecule has 1 aromatic heterocycles. The lowest BCUT2D eigenvalue weighted by Gasteiger charge is -2.28. The van der Waals surface area contributed by atoms with E-state index in [-0.39, 0.29) is 16.3 Å². The van der Waals surface area contributed by atoms with Gasteiger partial charge in [-0.1, -0.05) is 24.3 Å². The summed E-state index contributed by atoms with van der Waals surface area (Å²) in [6.07, 6.45) is 3.03. The van der Waals surface area contributed by atoms with Gasteiger partial charge < -0.3 is 8.97 Å². The molecule has 0 amide bonds. The van der Waals surface area contributed by atoms with Crippen LogP contribution in [0.25, 0.3) is 11.1 Å². The minimum atomic E-state index is -4.10. The van der Waals surface area contributed by atoms with E-state index in [1.165, 1.54) is 36.8 Å². The van der Waals surface area contributed by atoms with Crippen LogP contribution in [0.5, 0.6) is 0 Å². The van der Waals surface area contributed by atoms with Gasteiger partial charge in [0, 0.05) is 5.56 Å². The summed E-state index contributed by atoms with van der Waals surface area (Å²) in [4.78, 5) is -0.284. The van der Waals surface area contributed by atoms with Gasteiger partial charge in [-0.2, -0.15) is 0 Å². The molecule has 0 radical (unpaired) electrons. The highest BCUT2D eigenvalue weighted by atomic mass is 32.2. The molecule has 0 aliphatic heterocycles. The Kier molecular flexibility index (Phi) is 4.73. The Morgan fingerprint density at radius 1 is 1.04 bits per heavy atom. The van der Waals surface area contributed by atoms with Crippen LogP contribution in [0.4, 0.5) is 11.4 Å². The van der Waals surface area contributed by atoms with Gasteiger partial charge in [0.25, 0.3) is 0 Å². The van der Waals surface area contributed by atoms with Crippen molar-refractivity contribution in [2.45, 2.75) is 4.90 Å². The van der Waals surface area contributed by atoms with Crippen molar-refractivity contribution in [3.63, 3.8) is 0 Å². The first-order valence-electron chi connectivity index (χ1n) is 7.02. The van der Waals surface area contributed by atoms with Crippen LogP contribution in [0.15, 0.2) is 76.4 Å². The highest BCUT2D eigenvalue weighted by molar-refractivity contribution is 7.89. The average Bonchev–Trinajstić information content (AvgIpc) is 3.09. The Morgan fingerprint density at radius 2 is 1.80 bits per heavy atom. The number of primary sulfonamides is 1. The number of rotatable bonds is 5. The van der Waals surface area contributed by atoms with Crippen LogP contribution in [-0.4, -0.2) is 17.2 Å². The SMILES string of the molecule is NS(=O)(=O)c1ccccc1N(c1cccc(-c2ccoc2)c1)S(=O)[O-]. The lowest BCUT2D eigenvalue weighted by molar-refractivity contribution is 0.537. The van der Waals surface area contributed by atoms with Crippen molar-refractivity contribution in [1.82, 2.24) is 0 Å². The van der Waals surface area contributed by atoms with Crippen molar-refractivity contribution < 1.29 is 21.6 Å². The quantitative estimate of drug-likeness (QED) is 0.686. The Hall–Kier alpha value is -2.46. The lowest BCUT2D eigenvalue weighted by Crippen LogP contribution is -2.23. The zero-order valence-corrected chi connectivity index (χ0v) is 14.4. The summed E-state index contributed by atoms with van der Waals surface area (Å²) >= 11 is -2.77. The molecule has 3 rings (SSSR count). The van der Waals surface area contributed by atoms with Gasteiger partial charge in [0.1, 0.15) is 4.90 Å². The van der Waals surface area contributed by atoms with Crippen LogP contribution < -0.4 is 9.44 Å². The third-order valence-corrected chi connectivity index (χ3v) is 5.14. The van der Waals surface area contributed by atoms with E-state index in [4.69, 9.17) is 9.56 Å². The number of sulfonamides is 1. The van der Waals surface area contributed by atoms with Crippen LogP contribution in [0.3, 0.4) is 0 Å². The highest BCUT2D eigenvalue weighted by Gasteiger charge is 2.20. The van der Waals surface area contributed by atoms with Crippen LogP contribution in [0.2, 0.25) is 0 Å². The van der Waals surface area contributed by atoms with E-state index in [0.717, 1.165) is 15.4 Å². The smallest absolute Gasteiger partial charge is 0.240 e. The van der Waals surface area contributed by atoms with E-state index in [2.05, 4.69) is 0 Å². The summed E-state index contributed by atoms with van der Waals surface area (Å²) in [5.74, 6) is 0. The predicted molar refractivity (Wildman–Crippen MR) is 93.0 cm³/mol.